The van der Waals surface area contributed by atoms with Crippen LogP contribution in [0.15, 0.2) is 176 Å². The molecule has 3 heterocycles. The highest BCUT2D eigenvalue weighted by molar-refractivity contribution is 7.53. The molecule has 0 saturated carbocycles. The van der Waals surface area contributed by atoms with Crippen LogP contribution < -0.4 is 35.9 Å². The fraction of sp³-hybridized carbons (Fsp3) is 0. The van der Waals surface area contributed by atoms with Gasteiger partial charge in [-0.15, -0.1) is 0 Å². The average molecular weight is 728 g/mol. The maximum absolute atomic E-state index is 9.24. The van der Waals surface area contributed by atoms with Crippen LogP contribution in [0.25, 0.3) is 33.5 Å². The zero-order valence-corrected chi connectivity index (χ0v) is 31.5. The van der Waals surface area contributed by atoms with Gasteiger partial charge in [-0.3, -0.25) is 8.97 Å². The van der Waals surface area contributed by atoms with Crippen molar-refractivity contribution in [2.75, 3.05) is 0 Å². The third-order valence-electron chi connectivity index (χ3n) is 10.4. The Morgan fingerprint density at radius 1 is 0.569 bits per heavy atom. The van der Waals surface area contributed by atoms with Gasteiger partial charge in [-0.2, -0.15) is 0 Å². The molecular formula is C43H35N3OSi4. The van der Waals surface area contributed by atoms with Crippen molar-refractivity contribution in [1.29, 1.82) is 7.41 Å². The summed E-state index contributed by atoms with van der Waals surface area (Å²) in [7, 11) is -17.1. The molecule has 2 aromatic heterocycles. The standard InChI is InChI=1S/C43H35N3OSi4/c48-51(49)39-26-12-11-25-38(39)47-42-40(27-14-28-41(42)51)50(31-16-3-1-4-17-31,32-18-5-2-6-19-32)33-20-13-15-30(29-33)45-36-23-9-10-24-37(36)46-35-22-8-7-21-34(35)44-43(45)46/h1-29H,48-49H3/i48D3,49D3. The number of rotatable bonds is 7. The summed E-state index contributed by atoms with van der Waals surface area (Å²) in [5.41, 5.74) is 4.88. The van der Waals surface area contributed by atoms with Gasteiger partial charge in [0.1, 0.15) is 11.5 Å². The average Bonchev–Trinajstić information content (AvgIpc) is 3.75. The lowest BCUT2D eigenvalue weighted by Crippen LogP contribution is -2.76. The minimum atomic E-state index is -4.67. The molecule has 0 fully saturated rings. The molecule has 7 aromatic carbocycles. The number of fused-ring (bicyclic) bond motifs is 7. The molecule has 1 aliphatic rings. The number of hydrogen-bond donors (Lipinski definition) is 0. The normalized spacial score (nSPS) is 15.8. The quantitative estimate of drug-likeness (QED) is 0.187. The number of benzene rings is 7. The van der Waals surface area contributed by atoms with E-state index in [0.717, 1.165) is 54.3 Å². The van der Waals surface area contributed by atoms with E-state index in [1.54, 1.807) is 30.3 Å². The van der Waals surface area contributed by atoms with Crippen molar-refractivity contribution >= 4 is 93.3 Å². The van der Waals surface area contributed by atoms with E-state index < -0.39 is 34.3 Å². The number of imidazole rings is 2. The number of nitrogens with zero attached hydrogens (tertiary/aromatic N) is 3. The molecule has 8 heteroatoms. The monoisotopic (exact) mass is 727 g/mol. The number of hydrogen-bond acceptors (Lipinski definition) is 2. The summed E-state index contributed by atoms with van der Waals surface area (Å²) in [5.74, 6) is 1.54. The lowest BCUT2D eigenvalue weighted by atomic mass is 10.2. The van der Waals surface area contributed by atoms with E-state index in [4.69, 9.17) is 9.72 Å². The summed E-state index contributed by atoms with van der Waals surface area (Å²) < 4.78 is 66.8. The molecule has 0 N–H and O–H groups in total. The summed E-state index contributed by atoms with van der Waals surface area (Å²) in [6, 6.07) is 58.5. The molecule has 51 heavy (non-hydrogen) atoms. The van der Waals surface area contributed by atoms with Crippen molar-refractivity contribution in [3.05, 3.63) is 176 Å². The van der Waals surface area contributed by atoms with Crippen molar-refractivity contribution in [2.45, 2.75) is 0 Å². The van der Waals surface area contributed by atoms with E-state index in [1.165, 1.54) is 0 Å². The smallest absolute Gasteiger partial charge is 0.220 e. The van der Waals surface area contributed by atoms with Crippen LogP contribution in [0.2, 0.25) is 0 Å². The van der Waals surface area contributed by atoms with Gasteiger partial charge in [0.25, 0.3) is 0 Å². The molecule has 4 nitrogen and oxygen atoms in total. The molecule has 0 unspecified atom stereocenters. The fourth-order valence-electron chi connectivity index (χ4n) is 8.18. The third-order valence-corrected chi connectivity index (χ3v) is 20.8. The zero-order chi connectivity index (χ0) is 39.2. The molecule has 0 spiro atoms. The summed E-state index contributed by atoms with van der Waals surface area (Å²) in [4.78, 5) is 5.16. The second-order valence-electron chi connectivity index (χ2n) is 13.1. The highest BCUT2D eigenvalue weighted by Crippen LogP contribution is 2.31. The van der Waals surface area contributed by atoms with Crippen LogP contribution in [-0.4, -0.2) is 55.7 Å². The van der Waals surface area contributed by atoms with Crippen molar-refractivity contribution < 1.29 is 4.74 Å². The van der Waals surface area contributed by atoms with E-state index >= 15 is 0 Å². The van der Waals surface area contributed by atoms with Crippen molar-refractivity contribution in [1.82, 2.24) is 14.0 Å². The summed E-state index contributed by atoms with van der Waals surface area (Å²) in [6.45, 7) is 0. The predicted molar refractivity (Wildman–Crippen MR) is 225 cm³/mol. The van der Waals surface area contributed by atoms with E-state index in [2.05, 4.69) is 81.8 Å². The number of para-hydroxylation sites is 6. The summed E-state index contributed by atoms with van der Waals surface area (Å²) in [5, 5.41) is 4.75. The first kappa shape index (κ1) is 24.6. The first-order chi connectivity index (χ1) is 27.6. The molecule has 0 radical (unpaired) electrons. The van der Waals surface area contributed by atoms with Crippen LogP contribution in [0, 0.1) is 0 Å². The number of ether oxygens (including phenoxy) is 1. The first-order valence-corrected chi connectivity index (χ1v) is 24.1. The van der Waals surface area contributed by atoms with Gasteiger partial charge in [0.2, 0.25) is 5.78 Å². The largest absolute Gasteiger partial charge is 0.458 e. The van der Waals surface area contributed by atoms with Gasteiger partial charge in [-0.25, -0.2) is 4.98 Å². The first-order valence-electron chi connectivity index (χ1n) is 20.1. The van der Waals surface area contributed by atoms with E-state index in [-0.39, 0.29) is 0 Å². The van der Waals surface area contributed by atoms with Gasteiger partial charge in [0.05, 0.1) is 29.2 Å². The van der Waals surface area contributed by atoms with Crippen molar-refractivity contribution in [3.8, 4) is 17.2 Å². The minimum Gasteiger partial charge on any atom is -0.458 e. The molecule has 0 amide bonds. The van der Waals surface area contributed by atoms with Gasteiger partial charge in [-0.05, 0) is 73.6 Å². The van der Waals surface area contributed by atoms with Gasteiger partial charge in [0, 0.05) is 32.2 Å². The predicted octanol–water partition coefficient (Wildman–Crippen LogP) is 3.20. The lowest BCUT2D eigenvalue weighted by molar-refractivity contribution is 0.491. The van der Waals surface area contributed by atoms with E-state index in [0.29, 0.717) is 21.9 Å². The second-order valence-corrected chi connectivity index (χ2v) is 25.5. The summed E-state index contributed by atoms with van der Waals surface area (Å²) >= 11 is 0. The van der Waals surface area contributed by atoms with Gasteiger partial charge in [0.15, 0.2) is 8.07 Å². The van der Waals surface area contributed by atoms with Crippen LogP contribution in [-0.2, 0) is 0 Å². The Bertz CT molecular complexity index is 2950. The van der Waals surface area contributed by atoms with Crippen LogP contribution in [0.4, 0.5) is 0 Å². The molecule has 0 aliphatic carbocycles. The molecule has 9 aromatic rings. The number of aromatic nitrogens is 3. The fourth-order valence-corrected chi connectivity index (χ4v) is 17.6. The van der Waals surface area contributed by atoms with Gasteiger partial charge >= 0.3 is 0 Å². The molecule has 1 aliphatic heterocycles. The molecule has 0 bridgehead atoms. The Labute approximate surface area is 311 Å². The van der Waals surface area contributed by atoms with Crippen molar-refractivity contribution in [2.24, 2.45) is 0 Å². The zero-order valence-electron chi connectivity index (χ0n) is 33.5. The second kappa shape index (κ2) is 11.5. The highest BCUT2D eigenvalue weighted by Gasteiger charge is 2.47. The molecule has 0 saturated heterocycles. The topological polar surface area (TPSA) is 31.5 Å². The van der Waals surface area contributed by atoms with Crippen LogP contribution in [0.5, 0.6) is 11.5 Å². The Morgan fingerprint density at radius 2 is 1.18 bits per heavy atom. The Hall–Kier alpha value is -5.52. The minimum absolute atomic E-state index is 0.349. The van der Waals surface area contributed by atoms with E-state index in [9.17, 15) is 7.41 Å². The maximum atomic E-state index is 9.24. The third kappa shape index (κ3) is 4.37. The molecule has 244 valence electrons. The Morgan fingerprint density at radius 3 is 1.94 bits per heavy atom. The highest BCUT2D eigenvalue weighted by atomic mass is 29.6. The van der Waals surface area contributed by atoms with Gasteiger partial charge in [-0.1, -0.05) is 133 Å². The van der Waals surface area contributed by atoms with Crippen LogP contribution >= 0.6 is 0 Å². The molecule has 0 atom stereocenters. The van der Waals surface area contributed by atoms with Gasteiger partial charge < -0.3 is 4.74 Å². The summed E-state index contributed by atoms with van der Waals surface area (Å²) in [6.07, 6.45) is 0. The van der Waals surface area contributed by atoms with Crippen LogP contribution in [0.3, 0.4) is 0 Å². The maximum Gasteiger partial charge on any atom is 0.220 e. The lowest BCUT2D eigenvalue weighted by Gasteiger charge is -2.40. The van der Waals surface area contributed by atoms with Crippen LogP contribution in [0.1, 0.15) is 0 Å². The SMILES string of the molecule is [2H][Si]([2H])([2H])[Si]1([Si]([2H])([2H])[2H])c2ccccc2Oc2c([Si](c3ccccc3)(c3ccccc3)c3cccc(-n4c5ccccc5n5c6ccccc6nc45)c3)cccc21. The molecular weight excluding hydrogens is 687 g/mol. The van der Waals surface area contributed by atoms with E-state index in [1.807, 2.05) is 72.8 Å². The molecule has 10 rings (SSSR count). The Balaban J connectivity index is 1.34. The Kier molecular flexibility index (Phi) is 5.55. The van der Waals surface area contributed by atoms with Crippen molar-refractivity contribution in [3.63, 3.8) is 0 Å².